The largest absolute Gasteiger partial charge is 0.394 e. The molecular formula is C20H40O5. The van der Waals surface area contributed by atoms with Crippen molar-refractivity contribution >= 4 is 0 Å². The summed E-state index contributed by atoms with van der Waals surface area (Å²) in [4.78, 5) is 0. The molecule has 150 valence electrons. The normalized spacial score (nSPS) is 30.6. The van der Waals surface area contributed by atoms with Crippen molar-refractivity contribution in [2.24, 2.45) is 11.3 Å². The summed E-state index contributed by atoms with van der Waals surface area (Å²) < 4.78 is 5.26. The molecular weight excluding hydrogens is 320 g/mol. The van der Waals surface area contributed by atoms with E-state index in [0.717, 1.165) is 12.8 Å². The molecule has 0 radical (unpaired) electrons. The van der Waals surface area contributed by atoms with Gasteiger partial charge in [0.1, 0.15) is 6.10 Å². The summed E-state index contributed by atoms with van der Waals surface area (Å²) in [5, 5.41) is 39.2. The third kappa shape index (κ3) is 7.92. The van der Waals surface area contributed by atoms with Crippen LogP contribution in [0.15, 0.2) is 0 Å². The second-order valence-corrected chi connectivity index (χ2v) is 8.49. The van der Waals surface area contributed by atoms with E-state index in [0.29, 0.717) is 6.42 Å². The zero-order valence-electron chi connectivity index (χ0n) is 16.4. The molecule has 5 atom stereocenters. The number of ether oxygens (including phenoxy) is 1. The van der Waals surface area contributed by atoms with Crippen LogP contribution in [0.1, 0.15) is 85.0 Å². The Morgan fingerprint density at radius 1 is 0.840 bits per heavy atom. The van der Waals surface area contributed by atoms with Crippen molar-refractivity contribution in [2.45, 2.75) is 110 Å². The highest BCUT2D eigenvalue weighted by Crippen LogP contribution is 2.38. The van der Waals surface area contributed by atoms with E-state index in [2.05, 4.69) is 20.8 Å². The first kappa shape index (κ1) is 22.8. The number of hydrogen-bond acceptors (Lipinski definition) is 5. The van der Waals surface area contributed by atoms with Crippen molar-refractivity contribution in [2.75, 3.05) is 6.61 Å². The van der Waals surface area contributed by atoms with Crippen LogP contribution in [0.4, 0.5) is 0 Å². The van der Waals surface area contributed by atoms with Crippen molar-refractivity contribution in [1.29, 1.82) is 0 Å². The van der Waals surface area contributed by atoms with Crippen molar-refractivity contribution in [3.05, 3.63) is 0 Å². The Kier molecular flexibility index (Phi) is 10.5. The highest BCUT2D eigenvalue weighted by Gasteiger charge is 2.45. The molecule has 1 rings (SSSR count). The summed E-state index contributed by atoms with van der Waals surface area (Å²) in [5.74, 6) is -0.368. The lowest BCUT2D eigenvalue weighted by Crippen LogP contribution is -2.56. The molecule has 1 fully saturated rings. The van der Waals surface area contributed by atoms with Crippen LogP contribution in [0, 0.1) is 11.3 Å². The van der Waals surface area contributed by atoms with E-state index in [1.54, 1.807) is 0 Å². The summed E-state index contributed by atoms with van der Waals surface area (Å²) >= 11 is 0. The first-order valence-electron chi connectivity index (χ1n) is 10.1. The van der Waals surface area contributed by atoms with Gasteiger partial charge in [0.15, 0.2) is 6.29 Å². The van der Waals surface area contributed by atoms with Crippen molar-refractivity contribution in [3.8, 4) is 0 Å². The molecule has 5 nitrogen and oxygen atoms in total. The Morgan fingerprint density at radius 3 is 1.96 bits per heavy atom. The molecule has 0 aromatic carbocycles. The van der Waals surface area contributed by atoms with Gasteiger partial charge in [0, 0.05) is 5.92 Å². The van der Waals surface area contributed by atoms with Crippen molar-refractivity contribution in [1.82, 2.24) is 0 Å². The van der Waals surface area contributed by atoms with Crippen LogP contribution in [0.25, 0.3) is 0 Å². The third-order valence-corrected chi connectivity index (χ3v) is 5.55. The van der Waals surface area contributed by atoms with E-state index in [9.17, 15) is 20.4 Å². The van der Waals surface area contributed by atoms with Gasteiger partial charge in [-0.15, -0.1) is 0 Å². The fourth-order valence-corrected chi connectivity index (χ4v) is 3.91. The molecule has 0 aliphatic carbocycles. The molecule has 25 heavy (non-hydrogen) atoms. The minimum Gasteiger partial charge on any atom is -0.394 e. The summed E-state index contributed by atoms with van der Waals surface area (Å²) in [7, 11) is 0. The lowest BCUT2D eigenvalue weighted by molar-refractivity contribution is -0.277. The van der Waals surface area contributed by atoms with E-state index in [-0.39, 0.29) is 17.9 Å². The molecule has 0 amide bonds. The maximum absolute atomic E-state index is 10.3. The lowest BCUT2D eigenvalue weighted by Gasteiger charge is -2.43. The Labute approximate surface area is 153 Å². The van der Waals surface area contributed by atoms with Crippen LogP contribution in [0.3, 0.4) is 0 Å². The molecule has 0 bridgehead atoms. The smallest absolute Gasteiger partial charge is 0.183 e. The second kappa shape index (κ2) is 11.5. The van der Waals surface area contributed by atoms with Gasteiger partial charge in [-0.1, -0.05) is 72.1 Å². The van der Waals surface area contributed by atoms with Crippen molar-refractivity contribution in [3.63, 3.8) is 0 Å². The molecule has 1 saturated heterocycles. The minimum absolute atomic E-state index is 0.00729. The van der Waals surface area contributed by atoms with Gasteiger partial charge in [-0.25, -0.2) is 0 Å². The number of hydrogen-bond donors (Lipinski definition) is 4. The lowest BCUT2D eigenvalue weighted by atomic mass is 9.73. The number of aliphatic hydroxyl groups is 4. The van der Waals surface area contributed by atoms with Gasteiger partial charge in [-0.05, 0) is 18.3 Å². The fraction of sp³-hybridized carbons (Fsp3) is 1.00. The van der Waals surface area contributed by atoms with Gasteiger partial charge in [0.25, 0.3) is 0 Å². The monoisotopic (exact) mass is 360 g/mol. The number of aliphatic hydroxyl groups excluding tert-OH is 4. The summed E-state index contributed by atoms with van der Waals surface area (Å²) in [6.45, 7) is 6.29. The molecule has 1 heterocycles. The molecule has 4 N–H and O–H groups in total. The van der Waals surface area contributed by atoms with Gasteiger partial charge < -0.3 is 25.2 Å². The van der Waals surface area contributed by atoms with E-state index in [4.69, 9.17) is 4.74 Å². The topological polar surface area (TPSA) is 90.2 Å². The highest BCUT2D eigenvalue weighted by molar-refractivity contribution is 4.91. The zero-order valence-corrected chi connectivity index (χ0v) is 16.4. The fourth-order valence-electron chi connectivity index (χ4n) is 3.91. The van der Waals surface area contributed by atoms with E-state index in [1.807, 2.05) is 0 Å². The standard InChI is InChI=1S/C20H40O5/c1-4-5-6-7-8-9-10-11-12-20(2,3)13-15-16(14-21)25-19(24)18(23)17(15)22/h15-19,21-24H,4-14H2,1-3H3. The first-order chi connectivity index (χ1) is 11.8. The Hall–Kier alpha value is -0.200. The second-order valence-electron chi connectivity index (χ2n) is 8.49. The molecule has 0 spiro atoms. The predicted octanol–water partition coefficient (Wildman–Crippen LogP) is 2.98. The van der Waals surface area contributed by atoms with Crippen LogP contribution in [-0.2, 0) is 4.74 Å². The van der Waals surface area contributed by atoms with Gasteiger partial charge in [0.05, 0.1) is 18.8 Å². The van der Waals surface area contributed by atoms with Crippen LogP contribution in [-0.4, -0.2) is 51.6 Å². The average Bonchev–Trinajstić information content (AvgIpc) is 2.57. The molecule has 0 aromatic heterocycles. The Bertz CT molecular complexity index is 345. The van der Waals surface area contributed by atoms with Crippen LogP contribution < -0.4 is 0 Å². The van der Waals surface area contributed by atoms with Gasteiger partial charge in [-0.2, -0.15) is 0 Å². The molecule has 0 aromatic rings. The maximum Gasteiger partial charge on any atom is 0.183 e. The summed E-state index contributed by atoms with van der Waals surface area (Å²) in [5.41, 5.74) is -0.00729. The van der Waals surface area contributed by atoms with Crippen molar-refractivity contribution < 1.29 is 25.2 Å². The van der Waals surface area contributed by atoms with Gasteiger partial charge in [-0.3, -0.25) is 0 Å². The Balaban J connectivity index is 2.34. The third-order valence-electron chi connectivity index (χ3n) is 5.55. The minimum atomic E-state index is -1.43. The SMILES string of the molecule is CCCCCCCCCCC(C)(C)CC1C(CO)OC(O)C(O)C1O. The maximum atomic E-state index is 10.3. The first-order valence-corrected chi connectivity index (χ1v) is 10.1. The van der Waals surface area contributed by atoms with Gasteiger partial charge >= 0.3 is 0 Å². The van der Waals surface area contributed by atoms with Gasteiger partial charge in [0.2, 0.25) is 0 Å². The van der Waals surface area contributed by atoms with Crippen LogP contribution in [0.5, 0.6) is 0 Å². The zero-order chi connectivity index (χ0) is 18.9. The van der Waals surface area contributed by atoms with E-state index in [1.165, 1.54) is 44.9 Å². The molecule has 1 aliphatic rings. The average molecular weight is 361 g/mol. The highest BCUT2D eigenvalue weighted by atomic mass is 16.6. The Morgan fingerprint density at radius 2 is 1.40 bits per heavy atom. The molecule has 5 heteroatoms. The summed E-state index contributed by atoms with van der Waals surface area (Å²) in [6.07, 6.45) is 7.52. The van der Waals surface area contributed by atoms with Crippen LogP contribution in [0.2, 0.25) is 0 Å². The van der Waals surface area contributed by atoms with E-state index >= 15 is 0 Å². The number of unbranched alkanes of at least 4 members (excludes halogenated alkanes) is 7. The van der Waals surface area contributed by atoms with Crippen LogP contribution >= 0.6 is 0 Å². The summed E-state index contributed by atoms with van der Waals surface area (Å²) in [6, 6.07) is 0. The molecule has 0 saturated carbocycles. The number of rotatable bonds is 12. The molecule has 5 unspecified atom stereocenters. The molecule has 1 aliphatic heterocycles. The quantitative estimate of drug-likeness (QED) is 0.402. The van der Waals surface area contributed by atoms with E-state index < -0.39 is 24.6 Å². The predicted molar refractivity (Wildman–Crippen MR) is 99.1 cm³/mol.